The van der Waals surface area contributed by atoms with E-state index < -0.39 is 0 Å². The van der Waals surface area contributed by atoms with E-state index in [9.17, 15) is 4.79 Å². The molecule has 7 heteroatoms. The summed E-state index contributed by atoms with van der Waals surface area (Å²) in [6, 6.07) is 16.1. The number of halogens is 2. The van der Waals surface area contributed by atoms with Gasteiger partial charge in [0.15, 0.2) is 0 Å². The first kappa shape index (κ1) is 25.2. The van der Waals surface area contributed by atoms with Crippen LogP contribution in [0.2, 0.25) is 0 Å². The van der Waals surface area contributed by atoms with Crippen LogP contribution in [0.4, 0.5) is 5.69 Å². The number of benzene rings is 2. The van der Waals surface area contributed by atoms with Crippen molar-refractivity contribution in [3.63, 3.8) is 0 Å². The molecule has 0 aliphatic carbocycles. The van der Waals surface area contributed by atoms with Crippen LogP contribution >= 0.6 is 24.8 Å². The zero-order valence-electron chi connectivity index (χ0n) is 16.8. The Morgan fingerprint density at radius 1 is 1.17 bits per heavy atom. The summed E-state index contributed by atoms with van der Waals surface area (Å²) < 4.78 is 5.60. The molecular weight excluding hydrogens is 409 g/mol. The van der Waals surface area contributed by atoms with Crippen LogP contribution in [0.15, 0.2) is 48.5 Å². The van der Waals surface area contributed by atoms with Crippen LogP contribution in [-0.2, 0) is 29.0 Å². The second-order valence-corrected chi connectivity index (χ2v) is 7.21. The van der Waals surface area contributed by atoms with Crippen molar-refractivity contribution >= 4 is 36.4 Å². The van der Waals surface area contributed by atoms with Crippen LogP contribution in [0.3, 0.4) is 0 Å². The topological polar surface area (TPSA) is 67.6 Å². The van der Waals surface area contributed by atoms with E-state index in [0.29, 0.717) is 25.5 Å². The van der Waals surface area contributed by atoms with Gasteiger partial charge in [-0.3, -0.25) is 9.69 Å². The van der Waals surface area contributed by atoms with Crippen LogP contribution < -0.4 is 11.1 Å². The third kappa shape index (κ3) is 8.23. The number of anilines is 1. The summed E-state index contributed by atoms with van der Waals surface area (Å²) in [4.78, 5) is 14.6. The van der Waals surface area contributed by atoms with Gasteiger partial charge in [-0.15, -0.1) is 24.8 Å². The molecule has 0 spiro atoms. The molecule has 0 aromatic heterocycles. The Bertz CT molecular complexity index is 773. The summed E-state index contributed by atoms with van der Waals surface area (Å²) >= 11 is 0. The Hall–Kier alpha value is -1.79. The van der Waals surface area contributed by atoms with Crippen LogP contribution in [-0.4, -0.2) is 36.6 Å². The molecule has 1 aliphatic rings. The molecule has 29 heavy (non-hydrogen) atoms. The van der Waals surface area contributed by atoms with E-state index >= 15 is 0 Å². The first-order valence-corrected chi connectivity index (χ1v) is 9.62. The Morgan fingerprint density at radius 3 is 2.69 bits per heavy atom. The molecule has 1 unspecified atom stereocenters. The van der Waals surface area contributed by atoms with Crippen LogP contribution in [0, 0.1) is 0 Å². The number of nitrogens with two attached hydrogens (primary N) is 1. The molecule has 0 radical (unpaired) electrons. The minimum absolute atomic E-state index is 0. The van der Waals surface area contributed by atoms with Crippen molar-refractivity contribution < 1.29 is 9.53 Å². The van der Waals surface area contributed by atoms with E-state index in [4.69, 9.17) is 10.5 Å². The van der Waals surface area contributed by atoms with Crippen molar-refractivity contribution in [2.24, 2.45) is 0 Å². The Morgan fingerprint density at radius 2 is 1.93 bits per heavy atom. The maximum absolute atomic E-state index is 12.2. The summed E-state index contributed by atoms with van der Waals surface area (Å²) in [5.74, 6) is 0.0469. The predicted molar refractivity (Wildman–Crippen MR) is 123 cm³/mol. The third-order valence-electron chi connectivity index (χ3n) is 4.89. The van der Waals surface area contributed by atoms with Gasteiger partial charge in [0.2, 0.25) is 5.91 Å². The molecule has 1 atom stereocenters. The lowest BCUT2D eigenvalue weighted by atomic mass is 10.1. The molecule has 3 N–H and O–H groups in total. The maximum Gasteiger partial charge on any atom is 0.220 e. The lowest BCUT2D eigenvalue weighted by molar-refractivity contribution is -0.121. The molecule has 160 valence electrons. The maximum atomic E-state index is 12.2. The average Bonchev–Trinajstić information content (AvgIpc) is 2.66. The number of hydrogen-bond acceptors (Lipinski definition) is 4. The monoisotopic (exact) mass is 439 g/mol. The smallest absolute Gasteiger partial charge is 0.220 e. The highest BCUT2D eigenvalue weighted by atomic mass is 35.5. The summed E-state index contributed by atoms with van der Waals surface area (Å²) in [7, 11) is 0. The normalized spacial score (nSPS) is 16.4. The van der Waals surface area contributed by atoms with Crippen LogP contribution in [0.25, 0.3) is 0 Å². The second kappa shape index (κ2) is 12.7. The quantitative estimate of drug-likeness (QED) is 0.646. The van der Waals surface area contributed by atoms with Crippen molar-refractivity contribution in [3.05, 3.63) is 65.2 Å². The molecule has 1 amide bonds. The molecule has 2 aromatic carbocycles. The first-order valence-electron chi connectivity index (χ1n) is 9.62. The number of para-hydroxylation sites is 1. The van der Waals surface area contributed by atoms with Gasteiger partial charge >= 0.3 is 0 Å². The lowest BCUT2D eigenvalue weighted by Gasteiger charge is -2.31. The zero-order chi connectivity index (χ0) is 19.1. The highest BCUT2D eigenvalue weighted by Gasteiger charge is 2.16. The average molecular weight is 440 g/mol. The number of nitrogens with one attached hydrogen (secondary N) is 1. The standard InChI is InChI=1S/C22H29N3O2.2ClH/c1-17-15-25(11-12-27-17)16-19-6-4-5-18(13-19)14-24-22(26)10-9-20-7-2-3-8-21(20)23;;/h2-8,13,17H,9-12,14-16,23H2,1H3,(H,24,26);2*1H. The molecule has 1 saturated heterocycles. The first-order chi connectivity index (χ1) is 13.1. The van der Waals surface area contributed by atoms with Crippen molar-refractivity contribution in [1.29, 1.82) is 0 Å². The van der Waals surface area contributed by atoms with E-state index in [1.165, 1.54) is 5.56 Å². The van der Waals surface area contributed by atoms with Crippen LogP contribution in [0.1, 0.15) is 30.0 Å². The number of aryl methyl sites for hydroxylation is 1. The van der Waals surface area contributed by atoms with Gasteiger partial charge in [0.05, 0.1) is 12.7 Å². The summed E-state index contributed by atoms with van der Waals surface area (Å²) in [6.07, 6.45) is 1.40. The lowest BCUT2D eigenvalue weighted by Crippen LogP contribution is -2.40. The van der Waals surface area contributed by atoms with E-state index in [-0.39, 0.29) is 30.7 Å². The Kier molecular flexibility index (Phi) is 11.1. The molecule has 0 saturated carbocycles. The van der Waals surface area contributed by atoms with Gasteiger partial charge in [-0.05, 0) is 36.1 Å². The highest BCUT2D eigenvalue weighted by Crippen LogP contribution is 2.14. The number of carbonyl (C=O) groups is 1. The molecule has 1 aliphatic heterocycles. The molecule has 2 aromatic rings. The number of hydrogen-bond donors (Lipinski definition) is 2. The molecule has 1 fully saturated rings. The van der Waals surface area contributed by atoms with Gasteiger partial charge in [-0.2, -0.15) is 0 Å². The minimum Gasteiger partial charge on any atom is -0.399 e. The van der Waals surface area contributed by atoms with Gasteiger partial charge in [-0.1, -0.05) is 42.5 Å². The molecule has 5 nitrogen and oxygen atoms in total. The summed E-state index contributed by atoms with van der Waals surface area (Å²) in [6.45, 7) is 6.31. The Balaban J connectivity index is 0.00000210. The van der Waals surface area contributed by atoms with Crippen molar-refractivity contribution in [3.8, 4) is 0 Å². The number of carbonyl (C=O) groups excluding carboxylic acids is 1. The molecule has 3 rings (SSSR count). The van der Waals surface area contributed by atoms with Crippen LogP contribution in [0.5, 0.6) is 0 Å². The number of ether oxygens (including phenoxy) is 1. The Labute approximate surface area is 185 Å². The van der Waals surface area contributed by atoms with Crippen molar-refractivity contribution in [2.45, 2.75) is 39.0 Å². The van der Waals surface area contributed by atoms with Gasteiger partial charge in [0.25, 0.3) is 0 Å². The van der Waals surface area contributed by atoms with Crippen molar-refractivity contribution in [1.82, 2.24) is 10.2 Å². The van der Waals surface area contributed by atoms with Gasteiger partial charge in [-0.25, -0.2) is 0 Å². The SMILES string of the molecule is CC1CN(Cc2cccc(CNC(=O)CCc3ccccc3N)c2)CCO1.Cl.Cl. The predicted octanol–water partition coefficient (Wildman–Crippen LogP) is 3.58. The summed E-state index contributed by atoms with van der Waals surface area (Å²) in [5, 5.41) is 3.01. The number of morpholine rings is 1. The highest BCUT2D eigenvalue weighted by molar-refractivity contribution is 5.85. The van der Waals surface area contributed by atoms with Crippen molar-refractivity contribution in [2.75, 3.05) is 25.4 Å². The third-order valence-corrected chi connectivity index (χ3v) is 4.89. The number of amides is 1. The fourth-order valence-corrected chi connectivity index (χ4v) is 3.43. The van der Waals surface area contributed by atoms with Gasteiger partial charge in [0.1, 0.15) is 0 Å². The van der Waals surface area contributed by atoms with E-state index in [0.717, 1.165) is 43.1 Å². The molecule has 1 heterocycles. The van der Waals surface area contributed by atoms with E-state index in [1.807, 2.05) is 24.3 Å². The minimum atomic E-state index is 0. The second-order valence-electron chi connectivity index (χ2n) is 7.21. The summed E-state index contributed by atoms with van der Waals surface area (Å²) in [5.41, 5.74) is 10.1. The zero-order valence-corrected chi connectivity index (χ0v) is 18.4. The number of rotatable bonds is 7. The van der Waals surface area contributed by atoms with E-state index in [2.05, 4.69) is 41.4 Å². The number of nitrogens with zero attached hydrogens (tertiary/aromatic N) is 1. The van der Waals surface area contributed by atoms with Gasteiger partial charge < -0.3 is 15.8 Å². The molecular formula is C22H31Cl2N3O2. The molecule has 0 bridgehead atoms. The van der Waals surface area contributed by atoms with Gasteiger partial charge in [0, 0.05) is 38.3 Å². The fraction of sp³-hybridized carbons (Fsp3) is 0.409. The van der Waals surface area contributed by atoms with E-state index in [1.54, 1.807) is 0 Å². The number of nitrogen functional groups attached to an aromatic ring is 1. The largest absolute Gasteiger partial charge is 0.399 e. The fourth-order valence-electron chi connectivity index (χ4n) is 3.43.